The molecule has 0 aliphatic carbocycles. The molecule has 4 N–H and O–H groups in total. The van der Waals surface area contributed by atoms with Gasteiger partial charge in [0.2, 0.25) is 15.9 Å². The Balaban J connectivity index is 1.79. The summed E-state index contributed by atoms with van der Waals surface area (Å²) in [7, 11) is -3.68. The zero-order valence-electron chi connectivity index (χ0n) is 11.0. The number of amides is 1. The molecule has 1 amide bonds. The van der Waals surface area contributed by atoms with Gasteiger partial charge in [0.1, 0.15) is 0 Å². The number of H-pyrrole nitrogens is 2. The number of benzene rings is 1. The monoisotopic (exact) mass is 310 g/mol. The fraction of sp³-hybridized carbons (Fsp3) is 0.333. The van der Waals surface area contributed by atoms with Crippen LogP contribution in [0.2, 0.25) is 0 Å². The van der Waals surface area contributed by atoms with Gasteiger partial charge < -0.3 is 15.3 Å². The maximum Gasteiger partial charge on any atom is 0.323 e. The highest BCUT2D eigenvalue weighted by Gasteiger charge is 2.23. The number of aromatic nitrogens is 2. The maximum absolute atomic E-state index is 12.2. The molecule has 1 aromatic carbocycles. The number of carbonyl (C=O) groups is 1. The summed E-state index contributed by atoms with van der Waals surface area (Å²) in [5, 5.41) is 2.69. The van der Waals surface area contributed by atoms with Crippen molar-refractivity contribution in [3.63, 3.8) is 0 Å². The van der Waals surface area contributed by atoms with Gasteiger partial charge >= 0.3 is 5.69 Å². The first kappa shape index (κ1) is 13.8. The quantitative estimate of drug-likeness (QED) is 0.602. The van der Waals surface area contributed by atoms with Gasteiger partial charge in [0.25, 0.3) is 0 Å². The molecule has 9 heteroatoms. The van der Waals surface area contributed by atoms with E-state index in [-0.39, 0.29) is 29.1 Å². The number of sulfonamides is 1. The van der Waals surface area contributed by atoms with Gasteiger partial charge in [-0.15, -0.1) is 0 Å². The first-order chi connectivity index (χ1) is 9.94. The van der Waals surface area contributed by atoms with E-state index in [1.807, 2.05) is 0 Å². The summed E-state index contributed by atoms with van der Waals surface area (Å²) in [6.45, 7) is 0.149. The van der Waals surface area contributed by atoms with Crippen LogP contribution in [0.5, 0.6) is 0 Å². The second-order valence-electron chi connectivity index (χ2n) is 4.94. The summed E-state index contributed by atoms with van der Waals surface area (Å²) in [4.78, 5) is 27.4. The lowest BCUT2D eigenvalue weighted by Crippen LogP contribution is -2.38. The maximum atomic E-state index is 12.2. The van der Waals surface area contributed by atoms with Crippen molar-refractivity contribution in [2.24, 2.45) is 0 Å². The molecule has 3 rings (SSSR count). The van der Waals surface area contributed by atoms with Crippen LogP contribution in [-0.4, -0.2) is 36.9 Å². The van der Waals surface area contributed by atoms with Gasteiger partial charge in [0.15, 0.2) is 0 Å². The molecule has 0 spiro atoms. The lowest BCUT2D eigenvalue weighted by atomic mass is 10.2. The Labute approximate surface area is 120 Å². The molecule has 1 aliphatic rings. The minimum absolute atomic E-state index is 0.0643. The highest BCUT2D eigenvalue weighted by molar-refractivity contribution is 7.89. The fourth-order valence-electron chi connectivity index (χ4n) is 2.30. The third kappa shape index (κ3) is 2.83. The van der Waals surface area contributed by atoms with Gasteiger partial charge in [-0.05, 0) is 24.6 Å². The lowest BCUT2D eigenvalue weighted by Gasteiger charge is -2.11. The van der Waals surface area contributed by atoms with Gasteiger partial charge in [0.05, 0.1) is 15.9 Å². The van der Waals surface area contributed by atoms with E-state index in [2.05, 4.69) is 20.0 Å². The normalized spacial score (nSPS) is 19.0. The van der Waals surface area contributed by atoms with Crippen molar-refractivity contribution in [1.29, 1.82) is 0 Å². The minimum Gasteiger partial charge on any atom is -0.352 e. The molecule has 1 unspecified atom stereocenters. The number of hydrogen-bond acceptors (Lipinski definition) is 4. The standard InChI is InChI=1S/C12H14N4O4S/c17-11-4-1-7(14-11)6-13-21(19,20)8-2-3-9-10(5-8)16-12(18)15-9/h2-3,5,7,13H,1,4,6H2,(H,14,17)(H2,15,16,18). The zero-order valence-corrected chi connectivity index (χ0v) is 11.8. The second kappa shape index (κ2) is 5.01. The van der Waals surface area contributed by atoms with Gasteiger partial charge in [-0.1, -0.05) is 0 Å². The van der Waals surface area contributed by atoms with Crippen LogP contribution >= 0.6 is 0 Å². The van der Waals surface area contributed by atoms with Crippen LogP contribution < -0.4 is 15.7 Å². The van der Waals surface area contributed by atoms with Crippen molar-refractivity contribution >= 4 is 27.0 Å². The van der Waals surface area contributed by atoms with Crippen molar-refractivity contribution in [3.8, 4) is 0 Å². The number of aromatic amines is 2. The van der Waals surface area contributed by atoms with E-state index in [1.54, 1.807) is 0 Å². The summed E-state index contributed by atoms with van der Waals surface area (Å²) in [6.07, 6.45) is 1.04. The molecule has 2 aromatic rings. The summed E-state index contributed by atoms with van der Waals surface area (Å²) in [5.41, 5.74) is 0.584. The molecule has 1 fully saturated rings. The average Bonchev–Trinajstić information content (AvgIpc) is 3.00. The molecule has 0 bridgehead atoms. The molecular formula is C12H14N4O4S. The van der Waals surface area contributed by atoms with E-state index in [9.17, 15) is 18.0 Å². The molecule has 8 nitrogen and oxygen atoms in total. The third-order valence-corrected chi connectivity index (χ3v) is 4.82. The molecule has 0 radical (unpaired) electrons. The van der Waals surface area contributed by atoms with E-state index in [4.69, 9.17) is 0 Å². The fourth-order valence-corrected chi connectivity index (χ4v) is 3.41. The number of hydrogen-bond donors (Lipinski definition) is 4. The van der Waals surface area contributed by atoms with Crippen molar-refractivity contribution in [1.82, 2.24) is 20.0 Å². The summed E-state index contributed by atoms with van der Waals surface area (Å²) in [5.74, 6) is -0.0643. The first-order valence-electron chi connectivity index (χ1n) is 6.45. The van der Waals surface area contributed by atoms with Crippen LogP contribution in [0.4, 0.5) is 0 Å². The molecule has 1 atom stereocenters. The van der Waals surface area contributed by atoms with Crippen LogP contribution in [-0.2, 0) is 14.8 Å². The van der Waals surface area contributed by atoms with E-state index in [0.717, 1.165) is 0 Å². The largest absolute Gasteiger partial charge is 0.352 e. The van der Waals surface area contributed by atoms with Crippen molar-refractivity contribution in [2.75, 3.05) is 6.54 Å². The molecule has 0 saturated carbocycles. The molecule has 1 aromatic heterocycles. The first-order valence-corrected chi connectivity index (χ1v) is 7.93. The van der Waals surface area contributed by atoms with E-state index >= 15 is 0 Å². The zero-order chi connectivity index (χ0) is 15.0. The van der Waals surface area contributed by atoms with Crippen LogP contribution in [0.1, 0.15) is 12.8 Å². The Hall–Kier alpha value is -2.13. The molecular weight excluding hydrogens is 296 g/mol. The van der Waals surface area contributed by atoms with Gasteiger partial charge in [-0.2, -0.15) is 0 Å². The smallest absolute Gasteiger partial charge is 0.323 e. The average molecular weight is 310 g/mol. The van der Waals surface area contributed by atoms with Crippen LogP contribution in [0.3, 0.4) is 0 Å². The number of rotatable bonds is 4. The number of carbonyl (C=O) groups excluding carboxylic acids is 1. The third-order valence-electron chi connectivity index (χ3n) is 3.40. The minimum atomic E-state index is -3.68. The molecule has 112 valence electrons. The Kier molecular flexibility index (Phi) is 3.30. The Morgan fingerprint density at radius 1 is 1.19 bits per heavy atom. The van der Waals surface area contributed by atoms with Crippen molar-refractivity contribution in [2.45, 2.75) is 23.8 Å². The van der Waals surface area contributed by atoms with Crippen molar-refractivity contribution in [3.05, 3.63) is 28.7 Å². The van der Waals surface area contributed by atoms with E-state index < -0.39 is 10.0 Å². The number of nitrogens with one attached hydrogen (secondary N) is 4. The number of fused-ring (bicyclic) bond motifs is 1. The topological polar surface area (TPSA) is 124 Å². The van der Waals surface area contributed by atoms with E-state index in [1.165, 1.54) is 18.2 Å². The SMILES string of the molecule is O=C1CCC(CNS(=O)(=O)c2ccc3[nH]c(=O)[nH]c3c2)N1. The van der Waals surface area contributed by atoms with Crippen LogP contribution in [0, 0.1) is 0 Å². The van der Waals surface area contributed by atoms with Crippen LogP contribution in [0.15, 0.2) is 27.9 Å². The van der Waals surface area contributed by atoms with Gasteiger partial charge in [-0.3, -0.25) is 4.79 Å². The number of imidazole rings is 1. The predicted molar refractivity (Wildman–Crippen MR) is 75.3 cm³/mol. The lowest BCUT2D eigenvalue weighted by molar-refractivity contribution is -0.119. The second-order valence-corrected chi connectivity index (χ2v) is 6.71. The Morgan fingerprint density at radius 2 is 1.95 bits per heavy atom. The van der Waals surface area contributed by atoms with Crippen LogP contribution in [0.25, 0.3) is 11.0 Å². The predicted octanol–water partition coefficient (Wildman–Crippen LogP) is -0.587. The molecule has 1 saturated heterocycles. The molecule has 2 heterocycles. The molecule has 1 aliphatic heterocycles. The highest BCUT2D eigenvalue weighted by atomic mass is 32.2. The molecule has 21 heavy (non-hydrogen) atoms. The summed E-state index contributed by atoms with van der Waals surface area (Å²) < 4.78 is 26.9. The Morgan fingerprint density at radius 3 is 2.67 bits per heavy atom. The summed E-state index contributed by atoms with van der Waals surface area (Å²) >= 11 is 0. The van der Waals surface area contributed by atoms with E-state index in [0.29, 0.717) is 23.9 Å². The highest BCUT2D eigenvalue weighted by Crippen LogP contribution is 2.15. The van der Waals surface area contributed by atoms with Gasteiger partial charge in [0, 0.05) is 19.0 Å². The van der Waals surface area contributed by atoms with Crippen molar-refractivity contribution < 1.29 is 13.2 Å². The van der Waals surface area contributed by atoms with Gasteiger partial charge in [-0.25, -0.2) is 17.9 Å². The summed E-state index contributed by atoms with van der Waals surface area (Å²) in [6, 6.07) is 4.16. The Bertz CT molecular complexity index is 852.